The molecule has 7 heteroatoms. The average Bonchev–Trinajstić information content (AvgIpc) is 2.61. The van der Waals surface area contributed by atoms with Crippen molar-refractivity contribution in [1.82, 2.24) is 11.5 Å². The van der Waals surface area contributed by atoms with Crippen LogP contribution in [-0.4, -0.2) is 25.3 Å². The minimum absolute atomic E-state index is 0. The van der Waals surface area contributed by atoms with Crippen molar-refractivity contribution in [2.75, 3.05) is 12.3 Å². The molecule has 0 aliphatic heterocycles. The second kappa shape index (κ2) is 7.75. The number of unbranched alkanes of at least 4 members (excludes halogenated alkanes) is 1. The second-order valence-electron chi connectivity index (χ2n) is 3.28. The van der Waals surface area contributed by atoms with Crippen LogP contribution in [0.15, 0.2) is 16.8 Å². The van der Waals surface area contributed by atoms with E-state index in [9.17, 15) is 13.0 Å². The van der Waals surface area contributed by atoms with Crippen molar-refractivity contribution in [3.63, 3.8) is 0 Å². The zero-order chi connectivity index (χ0) is 11.1. The summed E-state index contributed by atoms with van der Waals surface area (Å²) in [6.45, 7) is 1.54. The molecule has 1 heterocycles. The summed E-state index contributed by atoms with van der Waals surface area (Å²) in [6.07, 6.45) is 1.15. The van der Waals surface area contributed by atoms with Crippen LogP contribution in [0.2, 0.25) is 0 Å². The van der Waals surface area contributed by atoms with Gasteiger partial charge in [0.25, 0.3) is 0 Å². The van der Waals surface area contributed by atoms with Crippen molar-refractivity contribution in [2.45, 2.75) is 19.4 Å². The van der Waals surface area contributed by atoms with Crippen molar-refractivity contribution < 1.29 is 13.0 Å². The lowest BCUT2D eigenvalue weighted by molar-refractivity contribution is 0.459. The highest BCUT2D eigenvalue weighted by Crippen LogP contribution is 2.04. The lowest BCUT2D eigenvalue weighted by atomic mass is 10.3. The highest BCUT2D eigenvalue weighted by molar-refractivity contribution is 7.85. The maximum absolute atomic E-state index is 10.3. The summed E-state index contributed by atoms with van der Waals surface area (Å²) >= 11 is 1.65. The lowest BCUT2D eigenvalue weighted by Crippen LogP contribution is -2.15. The molecular formula is C9H18N2O3S2. The van der Waals surface area contributed by atoms with Crippen LogP contribution in [0.1, 0.15) is 18.4 Å². The van der Waals surface area contributed by atoms with E-state index in [0.29, 0.717) is 12.8 Å². The number of nitrogens with one attached hydrogen (secondary N) is 1. The van der Waals surface area contributed by atoms with Crippen LogP contribution >= 0.6 is 11.3 Å². The SMILES string of the molecule is O=S(=O)([O-])CCCCNCc1ccsc1.[NH4+]. The number of rotatable bonds is 7. The number of quaternary nitrogens is 1. The zero-order valence-corrected chi connectivity index (χ0v) is 10.9. The quantitative estimate of drug-likeness (QED) is 0.576. The van der Waals surface area contributed by atoms with E-state index in [-0.39, 0.29) is 11.9 Å². The maximum atomic E-state index is 10.3. The Bertz CT molecular complexity index is 362. The first-order valence-electron chi connectivity index (χ1n) is 4.73. The summed E-state index contributed by atoms with van der Waals surface area (Å²) < 4.78 is 30.8. The van der Waals surface area contributed by atoms with Gasteiger partial charge in [-0.05, 0) is 41.8 Å². The minimum Gasteiger partial charge on any atom is -0.748 e. The van der Waals surface area contributed by atoms with Crippen molar-refractivity contribution in [2.24, 2.45) is 0 Å². The summed E-state index contributed by atoms with van der Waals surface area (Å²) in [7, 11) is -4.03. The van der Waals surface area contributed by atoms with Crippen LogP contribution < -0.4 is 11.5 Å². The fourth-order valence-corrected chi connectivity index (χ4v) is 2.38. The van der Waals surface area contributed by atoms with Gasteiger partial charge in [0.15, 0.2) is 0 Å². The van der Waals surface area contributed by atoms with Gasteiger partial charge in [0.1, 0.15) is 0 Å². The van der Waals surface area contributed by atoms with E-state index in [0.717, 1.165) is 13.1 Å². The first kappa shape index (κ1) is 15.5. The molecule has 0 amide bonds. The van der Waals surface area contributed by atoms with Gasteiger partial charge in [-0.3, -0.25) is 0 Å². The Morgan fingerprint density at radius 3 is 2.69 bits per heavy atom. The van der Waals surface area contributed by atoms with Crippen LogP contribution in [0.3, 0.4) is 0 Å². The van der Waals surface area contributed by atoms with Gasteiger partial charge in [-0.15, -0.1) is 0 Å². The van der Waals surface area contributed by atoms with Crippen LogP contribution in [0.25, 0.3) is 0 Å². The first-order valence-corrected chi connectivity index (χ1v) is 7.25. The molecule has 0 aliphatic carbocycles. The van der Waals surface area contributed by atoms with Crippen LogP contribution in [0.4, 0.5) is 0 Å². The molecule has 1 aromatic rings. The molecule has 0 bridgehead atoms. The summed E-state index contributed by atoms with van der Waals surface area (Å²) in [5.74, 6) is -0.257. The highest BCUT2D eigenvalue weighted by Gasteiger charge is 1.96. The number of hydrogen-bond donors (Lipinski definition) is 2. The molecule has 0 atom stereocenters. The molecule has 94 valence electrons. The van der Waals surface area contributed by atoms with Crippen LogP contribution in [-0.2, 0) is 16.7 Å². The summed E-state index contributed by atoms with van der Waals surface area (Å²) in [4.78, 5) is 0. The third kappa shape index (κ3) is 7.77. The molecule has 0 unspecified atom stereocenters. The van der Waals surface area contributed by atoms with Gasteiger partial charge in [0, 0.05) is 12.3 Å². The van der Waals surface area contributed by atoms with Gasteiger partial charge < -0.3 is 16.0 Å². The molecule has 1 rings (SSSR count). The van der Waals surface area contributed by atoms with Crippen LogP contribution in [0, 0.1) is 0 Å². The van der Waals surface area contributed by atoms with Crippen LogP contribution in [0.5, 0.6) is 0 Å². The highest BCUT2D eigenvalue weighted by atomic mass is 32.2. The minimum atomic E-state index is -4.03. The van der Waals surface area contributed by atoms with Gasteiger partial charge in [-0.1, -0.05) is 0 Å². The average molecular weight is 266 g/mol. The van der Waals surface area contributed by atoms with E-state index in [1.165, 1.54) is 5.56 Å². The first-order chi connectivity index (χ1) is 7.08. The third-order valence-corrected chi connectivity index (χ3v) is 3.43. The monoisotopic (exact) mass is 266 g/mol. The zero-order valence-electron chi connectivity index (χ0n) is 9.31. The van der Waals surface area contributed by atoms with E-state index in [1.54, 1.807) is 11.3 Å². The Balaban J connectivity index is 0.00000225. The molecule has 0 aliphatic rings. The molecule has 5 nitrogen and oxygen atoms in total. The molecule has 0 saturated carbocycles. The van der Waals surface area contributed by atoms with E-state index in [1.807, 2.05) is 11.4 Å². The Kier molecular flexibility index (Phi) is 7.52. The summed E-state index contributed by atoms with van der Waals surface area (Å²) in [5, 5.41) is 7.26. The molecule has 0 aromatic carbocycles. The number of thiophene rings is 1. The summed E-state index contributed by atoms with van der Waals surface area (Å²) in [6, 6.07) is 2.04. The Morgan fingerprint density at radius 1 is 1.38 bits per heavy atom. The van der Waals surface area contributed by atoms with Gasteiger partial charge in [-0.25, -0.2) is 8.42 Å². The molecule has 0 radical (unpaired) electrons. The predicted octanol–water partition coefficient (Wildman–Crippen LogP) is 1.54. The Hall–Kier alpha value is -0.470. The summed E-state index contributed by atoms with van der Waals surface area (Å²) in [5.41, 5.74) is 1.23. The topological polar surface area (TPSA) is 106 Å². The smallest absolute Gasteiger partial charge is 0.0945 e. The van der Waals surface area contributed by atoms with E-state index >= 15 is 0 Å². The molecule has 0 fully saturated rings. The fraction of sp³-hybridized carbons (Fsp3) is 0.556. The molecule has 1 aromatic heterocycles. The number of hydrogen-bond acceptors (Lipinski definition) is 5. The van der Waals surface area contributed by atoms with E-state index in [4.69, 9.17) is 0 Å². The Labute approximate surface area is 100 Å². The van der Waals surface area contributed by atoms with Crippen molar-refractivity contribution in [1.29, 1.82) is 0 Å². The van der Waals surface area contributed by atoms with Gasteiger partial charge in [-0.2, -0.15) is 11.3 Å². The molecule has 5 N–H and O–H groups in total. The van der Waals surface area contributed by atoms with Gasteiger partial charge in [0.2, 0.25) is 0 Å². The Morgan fingerprint density at radius 2 is 2.12 bits per heavy atom. The maximum Gasteiger partial charge on any atom is 0.0945 e. The van der Waals surface area contributed by atoms with E-state index in [2.05, 4.69) is 10.7 Å². The molecule has 16 heavy (non-hydrogen) atoms. The van der Waals surface area contributed by atoms with Gasteiger partial charge in [0.05, 0.1) is 10.1 Å². The van der Waals surface area contributed by atoms with E-state index < -0.39 is 10.1 Å². The fourth-order valence-electron chi connectivity index (χ4n) is 1.15. The lowest BCUT2D eigenvalue weighted by Gasteiger charge is -2.06. The van der Waals surface area contributed by atoms with Crippen molar-refractivity contribution in [3.05, 3.63) is 22.4 Å². The molecule has 0 spiro atoms. The standard InChI is InChI=1S/C9H15NO3S2.H3N/c11-15(12,13)6-2-1-4-10-7-9-3-5-14-8-9;/h3,5,8,10H,1-2,4,6-7H2,(H,11,12,13);1H3. The molecular weight excluding hydrogens is 248 g/mol. The van der Waals surface area contributed by atoms with Crippen molar-refractivity contribution in [3.8, 4) is 0 Å². The van der Waals surface area contributed by atoms with Crippen molar-refractivity contribution >= 4 is 21.5 Å². The van der Waals surface area contributed by atoms with Gasteiger partial charge >= 0.3 is 0 Å². The largest absolute Gasteiger partial charge is 0.748 e. The second-order valence-corrected chi connectivity index (χ2v) is 5.58. The predicted molar refractivity (Wildman–Crippen MR) is 65.8 cm³/mol. The normalized spacial score (nSPS) is 11.1. The third-order valence-electron chi connectivity index (χ3n) is 1.91. The molecule has 0 saturated heterocycles.